The number of benzene rings is 1. The van der Waals surface area contributed by atoms with E-state index in [0.717, 1.165) is 12.8 Å². The molecule has 0 heteroatoms. The molecular formula is C20H30. The zero-order valence-corrected chi connectivity index (χ0v) is 13.9. The van der Waals surface area contributed by atoms with Gasteiger partial charge in [-0.25, -0.2) is 0 Å². The smallest absolute Gasteiger partial charge is 0.00290 e. The maximum absolute atomic E-state index is 2.38. The van der Waals surface area contributed by atoms with E-state index in [1.54, 1.807) is 0 Å². The Kier molecular flexibility index (Phi) is 6.78. The van der Waals surface area contributed by atoms with Gasteiger partial charge in [0.15, 0.2) is 0 Å². The summed E-state index contributed by atoms with van der Waals surface area (Å²) < 4.78 is 0. The first-order valence-corrected chi connectivity index (χ1v) is 7.92. The van der Waals surface area contributed by atoms with Gasteiger partial charge in [0, 0.05) is 0 Å². The Labute approximate surface area is 125 Å². The number of hydrogen-bond donors (Lipinski definition) is 0. The van der Waals surface area contributed by atoms with Crippen LogP contribution in [0.15, 0.2) is 48.1 Å². The summed E-state index contributed by atoms with van der Waals surface area (Å²) in [5.41, 5.74) is 4.49. The van der Waals surface area contributed by atoms with Crippen LogP contribution in [0.1, 0.15) is 65.0 Å². The molecule has 0 bridgehead atoms. The third kappa shape index (κ3) is 5.77. The minimum Gasteiger partial charge on any atom is -0.0845 e. The van der Waals surface area contributed by atoms with E-state index in [1.807, 2.05) is 0 Å². The standard InChI is InChI=1S/C20H30/c1-6-8-10-17(11-9-7-2)16-18-12-14-19(15-13-18)20(3,4)5/h8,10-15H,6-7,9,16H2,1-5H3/b10-8+,17-11+. The van der Waals surface area contributed by atoms with Gasteiger partial charge in [0.25, 0.3) is 0 Å². The van der Waals surface area contributed by atoms with E-state index in [0.29, 0.717) is 0 Å². The zero-order chi connectivity index (χ0) is 15.0. The van der Waals surface area contributed by atoms with Crippen LogP contribution in [-0.2, 0) is 11.8 Å². The number of rotatable bonds is 6. The Balaban J connectivity index is 2.81. The fraction of sp³-hybridized carbons (Fsp3) is 0.500. The monoisotopic (exact) mass is 270 g/mol. The fourth-order valence-corrected chi connectivity index (χ4v) is 2.16. The van der Waals surface area contributed by atoms with Gasteiger partial charge in [-0.3, -0.25) is 0 Å². The van der Waals surface area contributed by atoms with Crippen molar-refractivity contribution in [1.29, 1.82) is 0 Å². The molecule has 1 aromatic rings. The van der Waals surface area contributed by atoms with Crippen molar-refractivity contribution in [3.8, 4) is 0 Å². The highest BCUT2D eigenvalue weighted by atomic mass is 14.2. The van der Waals surface area contributed by atoms with E-state index in [4.69, 9.17) is 0 Å². The van der Waals surface area contributed by atoms with E-state index in [9.17, 15) is 0 Å². The van der Waals surface area contributed by atoms with Crippen molar-refractivity contribution in [2.24, 2.45) is 0 Å². The topological polar surface area (TPSA) is 0 Å². The molecule has 0 aliphatic rings. The summed E-state index contributed by atoms with van der Waals surface area (Å²) in [6.45, 7) is 11.2. The van der Waals surface area contributed by atoms with Gasteiger partial charge < -0.3 is 0 Å². The minimum absolute atomic E-state index is 0.238. The second-order valence-electron chi connectivity index (χ2n) is 6.50. The van der Waals surface area contributed by atoms with Gasteiger partial charge in [0.2, 0.25) is 0 Å². The molecule has 0 amide bonds. The van der Waals surface area contributed by atoms with Crippen LogP contribution < -0.4 is 0 Å². The lowest BCUT2D eigenvalue weighted by atomic mass is 9.86. The van der Waals surface area contributed by atoms with E-state index >= 15 is 0 Å². The Morgan fingerprint density at radius 1 is 1.05 bits per heavy atom. The van der Waals surface area contributed by atoms with Crippen LogP contribution in [0.4, 0.5) is 0 Å². The van der Waals surface area contributed by atoms with Gasteiger partial charge in [-0.15, -0.1) is 0 Å². The first-order valence-electron chi connectivity index (χ1n) is 7.92. The summed E-state index contributed by atoms with van der Waals surface area (Å²) in [6.07, 6.45) is 11.4. The summed E-state index contributed by atoms with van der Waals surface area (Å²) in [6, 6.07) is 9.10. The highest BCUT2D eigenvalue weighted by Crippen LogP contribution is 2.23. The highest BCUT2D eigenvalue weighted by molar-refractivity contribution is 5.32. The molecule has 0 unspecified atom stereocenters. The van der Waals surface area contributed by atoms with Crippen LogP contribution in [0.2, 0.25) is 0 Å². The zero-order valence-electron chi connectivity index (χ0n) is 13.9. The molecule has 0 fully saturated rings. The van der Waals surface area contributed by atoms with Crippen molar-refractivity contribution < 1.29 is 0 Å². The molecule has 0 radical (unpaired) electrons. The van der Waals surface area contributed by atoms with Crippen LogP contribution in [0.3, 0.4) is 0 Å². The van der Waals surface area contributed by atoms with Crippen molar-refractivity contribution in [3.05, 3.63) is 59.2 Å². The van der Waals surface area contributed by atoms with Crippen LogP contribution in [0.25, 0.3) is 0 Å². The van der Waals surface area contributed by atoms with Gasteiger partial charge in [0.05, 0.1) is 0 Å². The predicted molar refractivity (Wildman–Crippen MR) is 91.3 cm³/mol. The minimum atomic E-state index is 0.238. The van der Waals surface area contributed by atoms with Crippen molar-refractivity contribution in [1.82, 2.24) is 0 Å². The summed E-state index contributed by atoms with van der Waals surface area (Å²) in [7, 11) is 0. The highest BCUT2D eigenvalue weighted by Gasteiger charge is 2.12. The molecule has 0 N–H and O–H groups in total. The lowest BCUT2D eigenvalue weighted by Crippen LogP contribution is -2.10. The summed E-state index contributed by atoms with van der Waals surface area (Å²) >= 11 is 0. The molecule has 0 aliphatic carbocycles. The van der Waals surface area contributed by atoms with Crippen LogP contribution >= 0.6 is 0 Å². The number of unbranched alkanes of at least 4 members (excludes halogenated alkanes) is 1. The summed E-state index contributed by atoms with van der Waals surface area (Å²) in [5, 5.41) is 0. The van der Waals surface area contributed by atoms with E-state index < -0.39 is 0 Å². The molecule has 0 saturated carbocycles. The van der Waals surface area contributed by atoms with Crippen molar-refractivity contribution in [2.45, 2.75) is 65.7 Å². The lowest BCUT2D eigenvalue weighted by molar-refractivity contribution is 0.590. The summed E-state index contributed by atoms with van der Waals surface area (Å²) in [4.78, 5) is 0. The molecule has 110 valence electrons. The second-order valence-corrected chi connectivity index (χ2v) is 6.50. The largest absolute Gasteiger partial charge is 0.0845 e. The third-order valence-electron chi connectivity index (χ3n) is 3.49. The Morgan fingerprint density at radius 2 is 1.70 bits per heavy atom. The lowest BCUT2D eigenvalue weighted by Gasteiger charge is -2.19. The quantitative estimate of drug-likeness (QED) is 0.538. The maximum Gasteiger partial charge on any atom is -0.00290 e. The second kappa shape index (κ2) is 8.09. The van der Waals surface area contributed by atoms with E-state index in [1.165, 1.54) is 29.5 Å². The number of allylic oxidation sites excluding steroid dienone is 4. The first-order chi connectivity index (χ1) is 9.47. The van der Waals surface area contributed by atoms with Crippen molar-refractivity contribution in [2.75, 3.05) is 0 Å². The maximum atomic E-state index is 2.38. The predicted octanol–water partition coefficient (Wildman–Crippen LogP) is 6.22. The van der Waals surface area contributed by atoms with Crippen LogP contribution in [0.5, 0.6) is 0 Å². The average molecular weight is 270 g/mol. The van der Waals surface area contributed by atoms with Gasteiger partial charge in [-0.1, -0.05) is 83.5 Å². The molecule has 0 nitrogen and oxygen atoms in total. The van der Waals surface area contributed by atoms with Crippen LogP contribution in [0, 0.1) is 0 Å². The summed E-state index contributed by atoms with van der Waals surface area (Å²) in [5.74, 6) is 0. The van der Waals surface area contributed by atoms with E-state index in [-0.39, 0.29) is 5.41 Å². The molecule has 0 heterocycles. The van der Waals surface area contributed by atoms with Gasteiger partial charge in [-0.2, -0.15) is 0 Å². The molecular weight excluding hydrogens is 240 g/mol. The number of hydrogen-bond acceptors (Lipinski definition) is 0. The average Bonchev–Trinajstić information content (AvgIpc) is 2.41. The van der Waals surface area contributed by atoms with Gasteiger partial charge in [0.1, 0.15) is 0 Å². The molecule has 0 saturated heterocycles. The molecule has 1 aromatic carbocycles. The Bertz CT molecular complexity index is 438. The normalized spacial score (nSPS) is 13.2. The molecule has 0 spiro atoms. The molecule has 0 aliphatic heterocycles. The van der Waals surface area contributed by atoms with Crippen molar-refractivity contribution >= 4 is 0 Å². The van der Waals surface area contributed by atoms with Gasteiger partial charge >= 0.3 is 0 Å². The van der Waals surface area contributed by atoms with E-state index in [2.05, 4.69) is 77.1 Å². The van der Waals surface area contributed by atoms with Crippen LogP contribution in [-0.4, -0.2) is 0 Å². The van der Waals surface area contributed by atoms with Gasteiger partial charge in [-0.05, 0) is 41.4 Å². The Morgan fingerprint density at radius 3 is 2.20 bits per heavy atom. The SMILES string of the molecule is CC/C=C/C(=C\CCC)Cc1ccc(C(C)(C)C)cc1. The first kappa shape index (κ1) is 16.8. The molecule has 0 aromatic heterocycles. The Hall–Kier alpha value is -1.30. The third-order valence-corrected chi connectivity index (χ3v) is 3.49. The fourth-order valence-electron chi connectivity index (χ4n) is 2.16. The molecule has 1 rings (SSSR count). The van der Waals surface area contributed by atoms with Crippen molar-refractivity contribution in [3.63, 3.8) is 0 Å². The molecule has 0 atom stereocenters. The molecule has 20 heavy (non-hydrogen) atoms.